The molecule has 0 radical (unpaired) electrons. The van der Waals surface area contributed by atoms with Crippen LogP contribution in [0.2, 0.25) is 0 Å². The molecule has 0 aromatic carbocycles. The first-order chi connectivity index (χ1) is 10.1. The normalized spacial score (nSPS) is 43.8. The van der Waals surface area contributed by atoms with Gasteiger partial charge in [0.1, 0.15) is 24.9 Å². The highest BCUT2D eigenvalue weighted by Crippen LogP contribution is 2.46. The second kappa shape index (κ2) is 5.35. The molecule has 2 N–H and O–H groups in total. The second-order valence-corrected chi connectivity index (χ2v) is 7.25. The summed E-state index contributed by atoms with van der Waals surface area (Å²) >= 11 is 0. The first-order valence-corrected chi connectivity index (χ1v) is 8.61. The predicted octanol–water partition coefficient (Wildman–Crippen LogP) is -0.395. The molecule has 0 aliphatic carbocycles. The number of hydrogen-bond donors (Lipinski definition) is 1. The third-order valence-electron chi connectivity index (χ3n) is 3.81. The molecule has 0 unspecified atom stereocenters. The quantitative estimate of drug-likeness (QED) is 0.736. The lowest BCUT2D eigenvalue weighted by atomic mass is 9.98. The third kappa shape index (κ3) is 3.02. The Morgan fingerprint density at radius 1 is 1.32 bits per heavy atom. The molecule has 3 aliphatic heterocycles. The number of hydrogen-bond acceptors (Lipinski definition) is 8. The molecule has 3 heterocycles. The Hall–Kier alpha value is -0.330. The van der Waals surface area contributed by atoms with Gasteiger partial charge in [-0.2, -0.15) is 8.42 Å². The van der Waals surface area contributed by atoms with Crippen molar-refractivity contribution in [2.24, 2.45) is 5.14 Å². The molecule has 10 heteroatoms. The van der Waals surface area contributed by atoms with Gasteiger partial charge in [-0.05, 0) is 20.3 Å². The number of nitrogens with two attached hydrogens (primary N) is 1. The summed E-state index contributed by atoms with van der Waals surface area (Å²) in [6, 6.07) is 0. The number of ether oxygens (including phenoxy) is 5. The molecule has 3 saturated heterocycles. The van der Waals surface area contributed by atoms with Crippen LogP contribution in [0.3, 0.4) is 0 Å². The van der Waals surface area contributed by atoms with E-state index in [-0.39, 0.29) is 19.0 Å². The van der Waals surface area contributed by atoms with Crippen molar-refractivity contribution in [1.29, 1.82) is 0 Å². The van der Waals surface area contributed by atoms with Gasteiger partial charge >= 0.3 is 10.3 Å². The SMILES string of the molecule is CC[C@H]1O[C@@H]2[C@@H](CO[C@@]3(COS(N)(=O)=O)OC(C)(C)O[C@@H]23)O1. The fourth-order valence-electron chi connectivity index (χ4n) is 3.02. The maximum absolute atomic E-state index is 11.1. The van der Waals surface area contributed by atoms with Gasteiger partial charge in [0.2, 0.25) is 5.79 Å². The van der Waals surface area contributed by atoms with E-state index in [1.54, 1.807) is 13.8 Å². The van der Waals surface area contributed by atoms with Crippen molar-refractivity contribution in [2.75, 3.05) is 13.2 Å². The summed E-state index contributed by atoms with van der Waals surface area (Å²) in [5, 5.41) is 4.89. The van der Waals surface area contributed by atoms with Crippen LogP contribution in [0.1, 0.15) is 27.2 Å². The van der Waals surface area contributed by atoms with Gasteiger partial charge in [0.15, 0.2) is 12.1 Å². The Morgan fingerprint density at radius 3 is 2.68 bits per heavy atom. The van der Waals surface area contributed by atoms with Crippen molar-refractivity contribution in [3.63, 3.8) is 0 Å². The summed E-state index contributed by atoms with van der Waals surface area (Å²) in [6.07, 6.45) is -1.06. The predicted molar refractivity (Wildman–Crippen MR) is 71.6 cm³/mol. The van der Waals surface area contributed by atoms with Gasteiger partial charge in [-0.1, -0.05) is 6.92 Å². The Balaban J connectivity index is 1.84. The van der Waals surface area contributed by atoms with Gasteiger partial charge in [-0.15, -0.1) is 0 Å². The Bertz CT molecular complexity index is 537. The Morgan fingerprint density at radius 2 is 2.05 bits per heavy atom. The standard InChI is InChI=1S/C12H21NO8S/c1-4-8-18-7-5-16-12(6-17-22(13,14)15)10(9(7)19-8)20-11(2,3)21-12/h7-10H,4-6H2,1-3H3,(H2,13,14,15)/t7-,8-,9-,10+,12+/m1/s1. The molecular formula is C12H21NO8S. The molecular weight excluding hydrogens is 318 g/mol. The molecule has 0 spiro atoms. The summed E-state index contributed by atoms with van der Waals surface area (Å²) in [6.45, 7) is 5.12. The van der Waals surface area contributed by atoms with Gasteiger partial charge in [0.25, 0.3) is 0 Å². The Kier molecular flexibility index (Phi) is 4.02. The minimum Gasteiger partial charge on any atom is -0.344 e. The van der Waals surface area contributed by atoms with E-state index in [9.17, 15) is 8.42 Å². The average molecular weight is 339 g/mol. The smallest absolute Gasteiger partial charge is 0.333 e. The van der Waals surface area contributed by atoms with Crippen molar-refractivity contribution in [2.45, 2.75) is 63.4 Å². The molecule has 0 amide bonds. The zero-order valence-corrected chi connectivity index (χ0v) is 13.5. The summed E-state index contributed by atoms with van der Waals surface area (Å²) < 4.78 is 55.8. The van der Waals surface area contributed by atoms with E-state index < -0.39 is 40.7 Å². The Labute approximate surface area is 129 Å². The molecule has 9 nitrogen and oxygen atoms in total. The zero-order valence-electron chi connectivity index (χ0n) is 12.7. The topological polar surface area (TPSA) is 116 Å². The summed E-state index contributed by atoms with van der Waals surface area (Å²) in [5.74, 6) is -2.38. The summed E-state index contributed by atoms with van der Waals surface area (Å²) in [4.78, 5) is 0. The molecule has 22 heavy (non-hydrogen) atoms. The third-order valence-corrected chi connectivity index (χ3v) is 4.26. The van der Waals surface area contributed by atoms with E-state index >= 15 is 0 Å². The molecule has 0 bridgehead atoms. The number of fused-ring (bicyclic) bond motifs is 3. The summed E-state index contributed by atoms with van der Waals surface area (Å²) in [7, 11) is -4.13. The minimum atomic E-state index is -4.13. The van der Waals surface area contributed by atoms with Crippen LogP contribution in [0, 0.1) is 0 Å². The lowest BCUT2D eigenvalue weighted by Gasteiger charge is -2.40. The lowest BCUT2D eigenvalue weighted by Crippen LogP contribution is -2.60. The van der Waals surface area contributed by atoms with E-state index in [2.05, 4.69) is 0 Å². The van der Waals surface area contributed by atoms with E-state index in [1.807, 2.05) is 6.92 Å². The van der Waals surface area contributed by atoms with E-state index in [0.29, 0.717) is 6.42 Å². The highest BCUT2D eigenvalue weighted by atomic mass is 32.2. The van der Waals surface area contributed by atoms with E-state index in [4.69, 9.17) is 33.0 Å². The van der Waals surface area contributed by atoms with Crippen molar-refractivity contribution in [3.8, 4) is 0 Å². The van der Waals surface area contributed by atoms with Crippen LogP contribution in [0.4, 0.5) is 0 Å². The van der Waals surface area contributed by atoms with Crippen LogP contribution in [0.15, 0.2) is 0 Å². The maximum Gasteiger partial charge on any atom is 0.333 e. The van der Waals surface area contributed by atoms with Crippen LogP contribution in [0.5, 0.6) is 0 Å². The van der Waals surface area contributed by atoms with E-state index in [1.165, 1.54) is 0 Å². The van der Waals surface area contributed by atoms with Crippen LogP contribution in [0.25, 0.3) is 0 Å². The molecule has 0 saturated carbocycles. The number of rotatable bonds is 4. The van der Waals surface area contributed by atoms with Gasteiger partial charge in [-0.25, -0.2) is 5.14 Å². The van der Waals surface area contributed by atoms with E-state index in [0.717, 1.165) is 0 Å². The van der Waals surface area contributed by atoms with Crippen LogP contribution in [-0.2, 0) is 38.2 Å². The molecule has 0 aromatic rings. The first kappa shape index (κ1) is 16.5. The van der Waals surface area contributed by atoms with Crippen molar-refractivity contribution >= 4 is 10.3 Å². The zero-order chi connectivity index (χ0) is 16.2. The highest BCUT2D eigenvalue weighted by Gasteiger charge is 2.64. The lowest BCUT2D eigenvalue weighted by molar-refractivity contribution is -0.290. The molecule has 3 aliphatic rings. The summed E-state index contributed by atoms with van der Waals surface area (Å²) in [5.41, 5.74) is 0. The van der Waals surface area contributed by atoms with Crippen LogP contribution in [-0.4, -0.2) is 57.8 Å². The fourth-order valence-corrected chi connectivity index (χ4v) is 3.35. The molecule has 3 fully saturated rings. The molecule has 128 valence electrons. The minimum absolute atomic E-state index is 0.186. The molecule has 3 rings (SSSR count). The van der Waals surface area contributed by atoms with Gasteiger partial charge in [0.05, 0.1) is 6.61 Å². The maximum atomic E-state index is 11.1. The highest BCUT2D eigenvalue weighted by molar-refractivity contribution is 7.84. The fraction of sp³-hybridized carbons (Fsp3) is 1.00. The average Bonchev–Trinajstić information content (AvgIpc) is 2.92. The molecule has 5 atom stereocenters. The van der Waals surface area contributed by atoms with Crippen molar-refractivity contribution in [1.82, 2.24) is 0 Å². The van der Waals surface area contributed by atoms with Crippen molar-refractivity contribution in [3.05, 3.63) is 0 Å². The monoisotopic (exact) mass is 339 g/mol. The van der Waals surface area contributed by atoms with Gasteiger partial charge < -0.3 is 23.7 Å². The molecule has 0 aromatic heterocycles. The second-order valence-electron chi connectivity index (χ2n) is 6.03. The van der Waals surface area contributed by atoms with Gasteiger partial charge in [-0.3, -0.25) is 4.18 Å². The van der Waals surface area contributed by atoms with Crippen LogP contribution >= 0.6 is 0 Å². The van der Waals surface area contributed by atoms with Crippen LogP contribution < -0.4 is 5.14 Å². The largest absolute Gasteiger partial charge is 0.344 e. The van der Waals surface area contributed by atoms with Crippen molar-refractivity contribution < 1.29 is 36.3 Å². The first-order valence-electron chi connectivity index (χ1n) is 7.14. The van der Waals surface area contributed by atoms with Gasteiger partial charge in [0, 0.05) is 0 Å².